The van der Waals surface area contributed by atoms with E-state index in [9.17, 15) is 14.9 Å². The van der Waals surface area contributed by atoms with Crippen molar-refractivity contribution < 1.29 is 14.8 Å². The molecule has 1 aromatic heterocycles. The third-order valence-electron chi connectivity index (χ3n) is 1.52. The third kappa shape index (κ3) is 2.16. The maximum Gasteiger partial charge on any atom is 0.409 e. The average molecular weight is 197 g/mol. The van der Waals surface area contributed by atoms with Gasteiger partial charge in [0, 0.05) is 6.07 Å². The lowest BCUT2D eigenvalue weighted by Crippen LogP contribution is -2.09. The molecule has 7 nitrogen and oxygen atoms in total. The number of nitrogens with zero attached hydrogens (tertiary/aromatic N) is 2. The molecule has 14 heavy (non-hydrogen) atoms. The number of aryl methyl sites for hydroxylation is 1. The second kappa shape index (κ2) is 3.69. The molecule has 74 valence electrons. The standard InChI is InChI=1S/C7H7N3O4/c1-4-6(9-7(11)12)2-5(3-8-4)10(13)14/h2-3,9H,1H3,(H,11,12). The van der Waals surface area contributed by atoms with Gasteiger partial charge in [0.05, 0.1) is 16.3 Å². The molecular weight excluding hydrogens is 190 g/mol. The van der Waals surface area contributed by atoms with Crippen LogP contribution in [0.1, 0.15) is 5.69 Å². The Balaban J connectivity index is 3.08. The minimum Gasteiger partial charge on any atom is -0.465 e. The second-order valence-electron chi connectivity index (χ2n) is 2.51. The average Bonchev–Trinajstić information content (AvgIpc) is 2.07. The largest absolute Gasteiger partial charge is 0.465 e. The van der Waals surface area contributed by atoms with E-state index in [0.29, 0.717) is 5.69 Å². The van der Waals surface area contributed by atoms with Gasteiger partial charge >= 0.3 is 6.09 Å². The first-order valence-corrected chi connectivity index (χ1v) is 3.61. The van der Waals surface area contributed by atoms with Crippen LogP contribution in [0.3, 0.4) is 0 Å². The summed E-state index contributed by atoms with van der Waals surface area (Å²) in [5.74, 6) is 0. The van der Waals surface area contributed by atoms with Gasteiger partial charge in [0.15, 0.2) is 0 Å². The molecule has 0 atom stereocenters. The molecular formula is C7H7N3O4. The first kappa shape index (κ1) is 9.90. The van der Waals surface area contributed by atoms with Crippen LogP contribution in [0, 0.1) is 17.0 Å². The molecule has 2 N–H and O–H groups in total. The molecule has 1 aromatic rings. The predicted octanol–water partition coefficient (Wildman–Crippen LogP) is 1.39. The normalized spacial score (nSPS) is 9.50. The first-order valence-electron chi connectivity index (χ1n) is 3.61. The zero-order valence-electron chi connectivity index (χ0n) is 7.22. The summed E-state index contributed by atoms with van der Waals surface area (Å²) in [6.07, 6.45) is -0.210. The van der Waals surface area contributed by atoms with Crippen molar-refractivity contribution in [1.29, 1.82) is 0 Å². The van der Waals surface area contributed by atoms with E-state index in [1.807, 2.05) is 5.32 Å². The van der Waals surface area contributed by atoms with Crippen molar-refractivity contribution in [2.24, 2.45) is 0 Å². The molecule has 0 fully saturated rings. The monoisotopic (exact) mass is 197 g/mol. The number of rotatable bonds is 2. The fourth-order valence-electron chi connectivity index (χ4n) is 0.864. The van der Waals surface area contributed by atoms with Crippen molar-refractivity contribution in [3.8, 4) is 0 Å². The molecule has 0 aromatic carbocycles. The SMILES string of the molecule is Cc1ncc([N+](=O)[O-])cc1NC(=O)O. The number of hydrogen-bond donors (Lipinski definition) is 2. The first-order chi connectivity index (χ1) is 6.50. The Labute approximate surface area is 78.5 Å². The van der Waals surface area contributed by atoms with Crippen LogP contribution in [0.25, 0.3) is 0 Å². The summed E-state index contributed by atoms with van der Waals surface area (Å²) in [6, 6.07) is 1.12. The molecule has 7 heteroatoms. The zero-order valence-corrected chi connectivity index (χ0v) is 7.22. The van der Waals surface area contributed by atoms with Crippen LogP contribution < -0.4 is 5.32 Å². The van der Waals surface area contributed by atoms with Gasteiger partial charge in [-0.3, -0.25) is 20.4 Å². The quantitative estimate of drug-likeness (QED) is 0.550. The smallest absolute Gasteiger partial charge is 0.409 e. The van der Waals surface area contributed by atoms with Crippen molar-refractivity contribution in [2.75, 3.05) is 5.32 Å². The van der Waals surface area contributed by atoms with Gasteiger partial charge < -0.3 is 5.11 Å². The minimum atomic E-state index is -1.28. The Hall–Kier alpha value is -2.18. The highest BCUT2D eigenvalue weighted by Crippen LogP contribution is 2.18. The fraction of sp³-hybridized carbons (Fsp3) is 0.143. The summed E-state index contributed by atoms with van der Waals surface area (Å²) in [5, 5.41) is 20.8. The molecule has 0 bridgehead atoms. The summed E-state index contributed by atoms with van der Waals surface area (Å²) >= 11 is 0. The van der Waals surface area contributed by atoms with Crippen LogP contribution in [0.5, 0.6) is 0 Å². The van der Waals surface area contributed by atoms with Crippen LogP contribution in [0.4, 0.5) is 16.2 Å². The highest BCUT2D eigenvalue weighted by Gasteiger charge is 2.11. The van der Waals surface area contributed by atoms with Crippen molar-refractivity contribution in [2.45, 2.75) is 6.92 Å². The maximum atomic E-state index is 10.3. The Morgan fingerprint density at radius 1 is 1.71 bits per heavy atom. The Kier molecular flexibility index (Phi) is 2.61. The van der Waals surface area contributed by atoms with Crippen molar-refractivity contribution in [1.82, 2.24) is 4.98 Å². The molecule has 0 saturated carbocycles. The van der Waals surface area contributed by atoms with E-state index in [4.69, 9.17) is 5.11 Å². The number of pyridine rings is 1. The van der Waals surface area contributed by atoms with E-state index in [-0.39, 0.29) is 11.4 Å². The number of aromatic nitrogens is 1. The van der Waals surface area contributed by atoms with Gasteiger partial charge in [-0.05, 0) is 6.92 Å². The third-order valence-corrected chi connectivity index (χ3v) is 1.52. The second-order valence-corrected chi connectivity index (χ2v) is 2.51. The van der Waals surface area contributed by atoms with E-state index in [1.165, 1.54) is 0 Å². The highest BCUT2D eigenvalue weighted by molar-refractivity contribution is 5.84. The zero-order chi connectivity index (χ0) is 10.7. The van der Waals surface area contributed by atoms with Crippen LogP contribution in [0.2, 0.25) is 0 Å². The van der Waals surface area contributed by atoms with Crippen LogP contribution >= 0.6 is 0 Å². The van der Waals surface area contributed by atoms with Gasteiger partial charge in [0.1, 0.15) is 6.20 Å². The lowest BCUT2D eigenvalue weighted by molar-refractivity contribution is -0.385. The minimum absolute atomic E-state index is 0.117. The fourth-order valence-corrected chi connectivity index (χ4v) is 0.864. The summed E-state index contributed by atoms with van der Waals surface area (Å²) < 4.78 is 0. The van der Waals surface area contributed by atoms with Crippen LogP contribution in [-0.2, 0) is 0 Å². The summed E-state index contributed by atoms with van der Waals surface area (Å²) in [4.78, 5) is 23.7. The van der Waals surface area contributed by atoms with Crippen LogP contribution in [-0.4, -0.2) is 21.1 Å². The van der Waals surface area contributed by atoms with Gasteiger partial charge in [-0.25, -0.2) is 4.79 Å². The highest BCUT2D eigenvalue weighted by atomic mass is 16.6. The van der Waals surface area contributed by atoms with E-state index >= 15 is 0 Å². The summed E-state index contributed by atoms with van der Waals surface area (Å²) in [5.41, 5.74) is 0.254. The number of anilines is 1. The molecule has 0 saturated heterocycles. The van der Waals surface area contributed by atoms with Gasteiger partial charge in [-0.1, -0.05) is 0 Å². The van der Waals surface area contributed by atoms with E-state index in [1.54, 1.807) is 6.92 Å². The summed E-state index contributed by atoms with van der Waals surface area (Å²) in [7, 11) is 0. The molecule has 0 aliphatic heterocycles. The molecule has 0 spiro atoms. The maximum absolute atomic E-state index is 10.3. The lowest BCUT2D eigenvalue weighted by Gasteiger charge is -2.02. The van der Waals surface area contributed by atoms with Crippen molar-refractivity contribution in [3.05, 3.63) is 28.1 Å². The Morgan fingerprint density at radius 2 is 2.36 bits per heavy atom. The number of amides is 1. The van der Waals surface area contributed by atoms with Crippen molar-refractivity contribution in [3.63, 3.8) is 0 Å². The molecule has 0 unspecified atom stereocenters. The number of nitro groups is 1. The number of hydrogen-bond acceptors (Lipinski definition) is 4. The van der Waals surface area contributed by atoms with E-state index in [2.05, 4.69) is 4.98 Å². The molecule has 0 aliphatic rings. The lowest BCUT2D eigenvalue weighted by atomic mass is 10.3. The Bertz CT molecular complexity index is 391. The number of carbonyl (C=O) groups is 1. The summed E-state index contributed by atoms with van der Waals surface area (Å²) in [6.45, 7) is 1.55. The molecule has 0 aliphatic carbocycles. The van der Waals surface area contributed by atoms with Gasteiger partial charge in [-0.15, -0.1) is 0 Å². The predicted molar refractivity (Wildman–Crippen MR) is 47.3 cm³/mol. The van der Waals surface area contributed by atoms with Crippen LogP contribution in [0.15, 0.2) is 12.3 Å². The van der Waals surface area contributed by atoms with Gasteiger partial charge in [0.2, 0.25) is 0 Å². The van der Waals surface area contributed by atoms with E-state index < -0.39 is 11.0 Å². The number of nitrogens with one attached hydrogen (secondary N) is 1. The Morgan fingerprint density at radius 3 is 2.86 bits per heavy atom. The molecule has 1 rings (SSSR count). The topological polar surface area (TPSA) is 105 Å². The molecule has 1 amide bonds. The van der Waals surface area contributed by atoms with E-state index in [0.717, 1.165) is 12.3 Å². The molecule has 0 radical (unpaired) electrons. The molecule has 1 heterocycles. The van der Waals surface area contributed by atoms with Crippen molar-refractivity contribution >= 4 is 17.5 Å². The van der Waals surface area contributed by atoms with Gasteiger partial charge in [0.25, 0.3) is 5.69 Å². The van der Waals surface area contributed by atoms with Gasteiger partial charge in [-0.2, -0.15) is 0 Å². The number of carboxylic acid groups (broad SMARTS) is 1.